The zero-order valence-corrected chi connectivity index (χ0v) is 13.0. The molecule has 0 aliphatic carbocycles. The van der Waals surface area contributed by atoms with Gasteiger partial charge in [-0.25, -0.2) is 0 Å². The Labute approximate surface area is 119 Å². The van der Waals surface area contributed by atoms with E-state index in [1.165, 1.54) is 6.42 Å². The van der Waals surface area contributed by atoms with Gasteiger partial charge in [-0.2, -0.15) is 0 Å². The third kappa shape index (κ3) is 38.6. The maximum Gasteiger partial charge on any atom is 0.631 e. The third-order valence-electron chi connectivity index (χ3n) is 1.82. The summed E-state index contributed by atoms with van der Waals surface area (Å²) in [6.45, 7) is 6.64. The number of hydrogen-bond acceptors (Lipinski definition) is 4. The van der Waals surface area contributed by atoms with Crippen molar-refractivity contribution in [2.45, 2.75) is 52.9 Å². The van der Waals surface area contributed by atoms with Crippen LogP contribution in [0.3, 0.4) is 0 Å². The van der Waals surface area contributed by atoms with Crippen molar-refractivity contribution in [2.75, 3.05) is 0 Å². The van der Waals surface area contributed by atoms with Crippen LogP contribution in [0.1, 0.15) is 52.9 Å². The molecule has 4 N–H and O–H groups in total. The van der Waals surface area contributed by atoms with Crippen LogP contribution >= 0.6 is 0 Å². The fraction of sp³-hybridized carbons (Fsp3) is 0.900. The summed E-state index contributed by atoms with van der Waals surface area (Å²) in [4.78, 5) is 10.2. The van der Waals surface area contributed by atoms with E-state index in [0.717, 1.165) is 19.3 Å². The summed E-state index contributed by atoms with van der Waals surface area (Å²) in [6.07, 6.45) is 4.53. The van der Waals surface area contributed by atoms with Gasteiger partial charge in [-0.1, -0.05) is 33.6 Å². The molecule has 0 spiro atoms. The summed E-state index contributed by atoms with van der Waals surface area (Å²) < 4.78 is 0. The first kappa shape index (κ1) is 22.3. The normalized spacial score (nSPS) is 9.76. The van der Waals surface area contributed by atoms with Crippen molar-refractivity contribution in [1.29, 1.82) is 0 Å². The molecule has 17 heavy (non-hydrogen) atoms. The van der Waals surface area contributed by atoms with Crippen molar-refractivity contribution in [3.05, 3.63) is 0 Å². The molecule has 0 aliphatic heterocycles. The quantitative estimate of drug-likeness (QED) is 0.446. The Morgan fingerprint density at radius 1 is 1.06 bits per heavy atom. The molecule has 0 aromatic carbocycles. The molecule has 0 amide bonds. The molecule has 0 rings (SSSR count). The third-order valence-corrected chi connectivity index (χ3v) is 1.82. The SMILES string of the molecule is CC(C)(C)CCCCCC(=O)O.OB(O)O.[Nb]. The summed E-state index contributed by atoms with van der Waals surface area (Å²) >= 11 is 0. The average Bonchev–Trinajstić information content (AvgIpc) is 1.99. The largest absolute Gasteiger partial charge is 0.631 e. The van der Waals surface area contributed by atoms with E-state index in [0.29, 0.717) is 11.8 Å². The zero-order valence-electron chi connectivity index (χ0n) is 10.8. The van der Waals surface area contributed by atoms with E-state index in [2.05, 4.69) is 20.8 Å². The summed E-state index contributed by atoms with van der Waals surface area (Å²) in [7, 11) is -2.17. The Hall–Kier alpha value is 0.155. The molecule has 7 heteroatoms. The van der Waals surface area contributed by atoms with Crippen LogP contribution in [0.5, 0.6) is 0 Å². The van der Waals surface area contributed by atoms with Gasteiger partial charge in [-0.15, -0.1) is 0 Å². The Balaban J connectivity index is -0.000000340. The monoisotopic (exact) mass is 327 g/mol. The smallest absolute Gasteiger partial charge is 0.481 e. The van der Waals surface area contributed by atoms with E-state index in [9.17, 15) is 4.79 Å². The fourth-order valence-corrected chi connectivity index (χ4v) is 1.11. The predicted octanol–water partition coefficient (Wildman–Crippen LogP) is 1.01. The van der Waals surface area contributed by atoms with E-state index in [-0.39, 0.29) is 22.4 Å². The molecule has 0 atom stereocenters. The molecule has 0 saturated heterocycles. The molecule has 0 saturated carbocycles. The zero-order chi connectivity index (χ0) is 13.2. The number of hydrogen-bond donors (Lipinski definition) is 4. The first-order valence-electron chi connectivity index (χ1n) is 5.41. The molecular weight excluding hydrogens is 304 g/mol. The number of unbranched alkanes of at least 4 members (excludes halogenated alkanes) is 2. The minimum Gasteiger partial charge on any atom is -0.481 e. The van der Waals surface area contributed by atoms with Gasteiger partial charge in [0.05, 0.1) is 0 Å². The van der Waals surface area contributed by atoms with E-state index < -0.39 is 13.3 Å². The van der Waals surface area contributed by atoms with Gasteiger partial charge in [0.25, 0.3) is 0 Å². The second-order valence-corrected chi connectivity index (χ2v) is 4.86. The van der Waals surface area contributed by atoms with Crippen LogP contribution in [0, 0.1) is 5.41 Å². The van der Waals surface area contributed by atoms with Gasteiger partial charge in [0.2, 0.25) is 0 Å². The maximum absolute atomic E-state index is 10.2. The van der Waals surface area contributed by atoms with E-state index >= 15 is 0 Å². The van der Waals surface area contributed by atoms with Crippen molar-refractivity contribution < 1.29 is 47.4 Å². The minimum atomic E-state index is -2.17. The van der Waals surface area contributed by atoms with Crippen molar-refractivity contribution in [2.24, 2.45) is 5.41 Å². The molecule has 0 heterocycles. The number of aliphatic carboxylic acids is 1. The van der Waals surface area contributed by atoms with Crippen molar-refractivity contribution in [3.8, 4) is 0 Å². The predicted molar refractivity (Wildman–Crippen MR) is 62.6 cm³/mol. The molecule has 0 bridgehead atoms. The van der Waals surface area contributed by atoms with Crippen LogP contribution in [-0.2, 0) is 27.2 Å². The second kappa shape index (κ2) is 12.6. The number of carboxylic acids is 1. The van der Waals surface area contributed by atoms with E-state index in [1.54, 1.807) is 0 Å². The first-order chi connectivity index (χ1) is 7.15. The molecule has 0 aliphatic rings. The molecule has 0 aromatic heterocycles. The fourth-order valence-electron chi connectivity index (χ4n) is 1.11. The van der Waals surface area contributed by atoms with Crippen molar-refractivity contribution >= 4 is 13.3 Å². The van der Waals surface area contributed by atoms with Gasteiger partial charge < -0.3 is 20.2 Å². The van der Waals surface area contributed by atoms with E-state index in [1.807, 2.05) is 0 Å². The van der Waals surface area contributed by atoms with Crippen LogP contribution in [0.4, 0.5) is 0 Å². The molecule has 0 fully saturated rings. The van der Waals surface area contributed by atoms with Gasteiger partial charge in [0.1, 0.15) is 0 Å². The van der Waals surface area contributed by atoms with Gasteiger partial charge in [0, 0.05) is 28.8 Å². The van der Waals surface area contributed by atoms with Crippen LogP contribution in [0.25, 0.3) is 0 Å². The topological polar surface area (TPSA) is 98.0 Å². The minimum absolute atomic E-state index is 0. The van der Waals surface area contributed by atoms with Gasteiger partial charge in [0.15, 0.2) is 0 Å². The summed E-state index contributed by atoms with van der Waals surface area (Å²) in [5.74, 6) is -0.675. The maximum atomic E-state index is 10.2. The summed E-state index contributed by atoms with van der Waals surface area (Å²) in [5, 5.41) is 29.9. The Kier molecular flexibility index (Phi) is 16.6. The molecule has 101 valence electrons. The number of rotatable bonds is 5. The van der Waals surface area contributed by atoms with Gasteiger partial charge in [-0.3, -0.25) is 4.79 Å². The van der Waals surface area contributed by atoms with Crippen molar-refractivity contribution in [1.82, 2.24) is 0 Å². The van der Waals surface area contributed by atoms with Gasteiger partial charge >= 0.3 is 13.3 Å². The second-order valence-electron chi connectivity index (χ2n) is 4.86. The molecule has 0 unspecified atom stereocenters. The van der Waals surface area contributed by atoms with E-state index in [4.69, 9.17) is 20.2 Å². The number of carbonyl (C=O) groups is 1. The Bertz CT molecular complexity index is 179. The molecule has 0 aromatic rings. The van der Waals surface area contributed by atoms with Crippen LogP contribution < -0.4 is 0 Å². The summed E-state index contributed by atoms with van der Waals surface area (Å²) in [6, 6.07) is 0. The molecule has 5 nitrogen and oxygen atoms in total. The van der Waals surface area contributed by atoms with Crippen LogP contribution in [0.2, 0.25) is 0 Å². The standard InChI is InChI=1S/C10H20O2.BH3O3.Nb/c1-10(2,3)8-6-4-5-7-9(11)12;2-1(3)4;/h4-8H2,1-3H3,(H,11,12);2-4H;. The average molecular weight is 327 g/mol. The van der Waals surface area contributed by atoms with Crippen molar-refractivity contribution in [3.63, 3.8) is 0 Å². The Morgan fingerprint density at radius 3 is 1.76 bits per heavy atom. The van der Waals surface area contributed by atoms with Gasteiger partial charge in [-0.05, 0) is 18.3 Å². The first-order valence-corrected chi connectivity index (χ1v) is 5.41. The van der Waals surface area contributed by atoms with Crippen LogP contribution in [-0.4, -0.2) is 33.5 Å². The van der Waals surface area contributed by atoms with Crippen LogP contribution in [0.15, 0.2) is 0 Å². The molecular formula is C10H23BNbO5. The number of carboxylic acid groups (broad SMARTS) is 1. The summed E-state index contributed by atoms with van der Waals surface area (Å²) in [5.41, 5.74) is 0.392. The Morgan fingerprint density at radius 2 is 1.47 bits per heavy atom. The molecule has 1 radical (unpaired) electrons.